The van der Waals surface area contributed by atoms with Crippen LogP contribution in [0.1, 0.15) is 54.4 Å². The number of anilines is 2. The maximum atomic E-state index is 13.1. The average Bonchev–Trinajstić information content (AvgIpc) is 2.84. The molecule has 0 bridgehead atoms. The van der Waals surface area contributed by atoms with E-state index in [2.05, 4.69) is 22.5 Å². The minimum atomic E-state index is -0.815. The van der Waals surface area contributed by atoms with Crippen molar-refractivity contribution in [2.24, 2.45) is 5.92 Å². The van der Waals surface area contributed by atoms with Crippen LogP contribution in [0.5, 0.6) is 0 Å². The number of benzene rings is 2. The normalized spacial score (nSPS) is 15.2. The van der Waals surface area contributed by atoms with E-state index in [9.17, 15) is 9.59 Å². The summed E-state index contributed by atoms with van der Waals surface area (Å²) in [6.45, 7) is 7.84. The van der Waals surface area contributed by atoms with Gasteiger partial charge in [-0.05, 0) is 55.9 Å². The van der Waals surface area contributed by atoms with Gasteiger partial charge >= 0.3 is 0 Å². The molecule has 33 heavy (non-hydrogen) atoms. The molecule has 1 heterocycles. The molecule has 0 aromatic heterocycles. The van der Waals surface area contributed by atoms with Crippen molar-refractivity contribution in [2.45, 2.75) is 38.5 Å². The lowest BCUT2D eigenvalue weighted by Gasteiger charge is -2.33. The summed E-state index contributed by atoms with van der Waals surface area (Å²) >= 11 is 6.37. The predicted molar refractivity (Wildman–Crippen MR) is 134 cm³/mol. The van der Waals surface area contributed by atoms with Gasteiger partial charge in [-0.25, -0.2) is 0 Å². The number of rotatable bonds is 10. The summed E-state index contributed by atoms with van der Waals surface area (Å²) in [6.07, 6.45) is 2.94. The van der Waals surface area contributed by atoms with Gasteiger partial charge in [0, 0.05) is 44.2 Å². The molecular weight excluding hydrogens is 438 g/mol. The van der Waals surface area contributed by atoms with E-state index in [0.29, 0.717) is 36.9 Å². The highest BCUT2D eigenvalue weighted by atomic mass is 35.5. The first-order chi connectivity index (χ1) is 16.0. The van der Waals surface area contributed by atoms with Gasteiger partial charge < -0.3 is 20.3 Å². The van der Waals surface area contributed by atoms with Crippen LogP contribution in [-0.4, -0.2) is 44.7 Å². The molecule has 6 nitrogen and oxygen atoms in total. The summed E-state index contributed by atoms with van der Waals surface area (Å²) in [5.41, 5.74) is 2.73. The molecule has 1 atom stereocenters. The van der Waals surface area contributed by atoms with Crippen LogP contribution in [0.2, 0.25) is 0 Å². The second-order valence-corrected chi connectivity index (χ2v) is 8.91. The zero-order chi connectivity index (χ0) is 23.6. The third-order valence-corrected chi connectivity index (χ3v) is 6.36. The minimum absolute atomic E-state index is 0.151. The van der Waals surface area contributed by atoms with Crippen molar-refractivity contribution >= 4 is 34.8 Å². The SMILES string of the molecule is CCOCCCNC(=O)c1cc(NC(=O)C(Cl)c2ccccc2)ccc1N1CCC(C)CC1. The Kier molecular flexibility index (Phi) is 9.58. The van der Waals surface area contributed by atoms with Crippen LogP contribution >= 0.6 is 11.6 Å². The van der Waals surface area contributed by atoms with Gasteiger partial charge in [0.1, 0.15) is 5.38 Å². The second kappa shape index (κ2) is 12.6. The third-order valence-electron chi connectivity index (χ3n) is 5.91. The molecule has 0 aliphatic carbocycles. The highest BCUT2D eigenvalue weighted by Gasteiger charge is 2.23. The lowest BCUT2D eigenvalue weighted by molar-refractivity contribution is -0.116. The fourth-order valence-corrected chi connectivity index (χ4v) is 4.12. The van der Waals surface area contributed by atoms with Crippen molar-refractivity contribution in [3.8, 4) is 0 Å². The van der Waals surface area contributed by atoms with Crippen molar-refractivity contribution in [1.82, 2.24) is 5.32 Å². The number of alkyl halides is 1. The Bertz CT molecular complexity index is 914. The van der Waals surface area contributed by atoms with Crippen molar-refractivity contribution < 1.29 is 14.3 Å². The topological polar surface area (TPSA) is 70.7 Å². The third kappa shape index (κ3) is 7.21. The molecule has 1 aliphatic rings. The summed E-state index contributed by atoms with van der Waals surface area (Å²) in [5.74, 6) is 0.210. The Labute approximate surface area is 201 Å². The van der Waals surface area contributed by atoms with E-state index in [1.165, 1.54) is 0 Å². The van der Waals surface area contributed by atoms with Crippen molar-refractivity contribution in [2.75, 3.05) is 43.1 Å². The van der Waals surface area contributed by atoms with E-state index in [0.717, 1.165) is 43.6 Å². The lowest BCUT2D eigenvalue weighted by Crippen LogP contribution is -2.35. The summed E-state index contributed by atoms with van der Waals surface area (Å²) < 4.78 is 5.35. The van der Waals surface area contributed by atoms with Crippen LogP contribution in [0.3, 0.4) is 0 Å². The maximum Gasteiger partial charge on any atom is 0.253 e. The Hall–Kier alpha value is -2.57. The Morgan fingerprint density at radius 1 is 1.15 bits per heavy atom. The number of piperidine rings is 1. The van der Waals surface area contributed by atoms with Crippen LogP contribution < -0.4 is 15.5 Å². The van der Waals surface area contributed by atoms with E-state index >= 15 is 0 Å². The first-order valence-electron chi connectivity index (χ1n) is 11.7. The molecule has 1 saturated heterocycles. The molecule has 0 saturated carbocycles. The molecule has 0 radical (unpaired) electrons. The molecule has 2 N–H and O–H groups in total. The van der Waals surface area contributed by atoms with Crippen LogP contribution in [0.15, 0.2) is 48.5 Å². The molecule has 1 unspecified atom stereocenters. The number of nitrogens with zero attached hydrogens (tertiary/aromatic N) is 1. The highest BCUT2D eigenvalue weighted by Crippen LogP contribution is 2.30. The summed E-state index contributed by atoms with van der Waals surface area (Å²) in [5, 5.41) is 5.04. The number of hydrogen-bond acceptors (Lipinski definition) is 4. The fraction of sp³-hybridized carbons (Fsp3) is 0.462. The molecule has 7 heteroatoms. The van der Waals surface area contributed by atoms with Crippen molar-refractivity contribution in [3.63, 3.8) is 0 Å². The number of carbonyl (C=O) groups excluding carboxylic acids is 2. The quantitative estimate of drug-likeness (QED) is 0.378. The molecule has 2 aromatic carbocycles. The van der Waals surface area contributed by atoms with E-state index in [1.54, 1.807) is 6.07 Å². The van der Waals surface area contributed by atoms with Crippen LogP contribution in [0, 0.1) is 5.92 Å². The highest BCUT2D eigenvalue weighted by molar-refractivity contribution is 6.32. The van der Waals surface area contributed by atoms with Gasteiger partial charge in [0.05, 0.1) is 5.56 Å². The lowest BCUT2D eigenvalue weighted by atomic mass is 9.97. The van der Waals surface area contributed by atoms with Crippen LogP contribution in [0.25, 0.3) is 0 Å². The molecule has 1 aliphatic heterocycles. The number of amides is 2. The van der Waals surface area contributed by atoms with Gasteiger partial charge in [0.15, 0.2) is 0 Å². The average molecular weight is 472 g/mol. The minimum Gasteiger partial charge on any atom is -0.382 e. The molecule has 0 spiro atoms. The molecular formula is C26H34ClN3O3. The fourth-order valence-electron chi connectivity index (χ4n) is 3.92. The largest absolute Gasteiger partial charge is 0.382 e. The van der Waals surface area contributed by atoms with Gasteiger partial charge in [-0.15, -0.1) is 11.6 Å². The number of carbonyl (C=O) groups is 2. The zero-order valence-electron chi connectivity index (χ0n) is 19.5. The van der Waals surface area contributed by atoms with Gasteiger partial charge in [-0.3, -0.25) is 9.59 Å². The standard InChI is InChI=1S/C26H34ClN3O3/c1-3-33-17-7-14-28-25(31)22-18-21(10-11-23(22)30-15-12-19(2)13-16-30)29-26(32)24(27)20-8-5-4-6-9-20/h4-6,8-11,18-19,24H,3,7,12-17H2,1-2H3,(H,28,31)(H,29,32). The van der Waals surface area contributed by atoms with Crippen LogP contribution in [0.4, 0.5) is 11.4 Å². The second-order valence-electron chi connectivity index (χ2n) is 8.47. The summed E-state index contributed by atoms with van der Waals surface area (Å²) in [6, 6.07) is 14.7. The molecule has 2 amide bonds. The summed E-state index contributed by atoms with van der Waals surface area (Å²) in [4.78, 5) is 28.1. The van der Waals surface area contributed by atoms with Crippen molar-refractivity contribution in [3.05, 3.63) is 59.7 Å². The predicted octanol–water partition coefficient (Wildman–Crippen LogP) is 5.00. The van der Waals surface area contributed by atoms with Crippen LogP contribution in [-0.2, 0) is 9.53 Å². The van der Waals surface area contributed by atoms with E-state index < -0.39 is 5.38 Å². The maximum absolute atomic E-state index is 13.1. The monoisotopic (exact) mass is 471 g/mol. The van der Waals surface area contributed by atoms with Gasteiger partial charge in [-0.2, -0.15) is 0 Å². The van der Waals surface area contributed by atoms with Crippen molar-refractivity contribution in [1.29, 1.82) is 0 Å². The van der Waals surface area contributed by atoms with Gasteiger partial charge in [-0.1, -0.05) is 37.3 Å². The summed E-state index contributed by atoms with van der Waals surface area (Å²) in [7, 11) is 0. The number of nitrogens with one attached hydrogen (secondary N) is 2. The van der Waals surface area contributed by atoms with E-state index in [4.69, 9.17) is 16.3 Å². The van der Waals surface area contributed by atoms with E-state index in [-0.39, 0.29) is 11.8 Å². The molecule has 2 aromatic rings. The molecule has 1 fully saturated rings. The van der Waals surface area contributed by atoms with Gasteiger partial charge in [0.25, 0.3) is 5.91 Å². The Morgan fingerprint density at radius 3 is 2.58 bits per heavy atom. The smallest absolute Gasteiger partial charge is 0.253 e. The first-order valence-corrected chi connectivity index (χ1v) is 12.2. The molecule has 178 valence electrons. The Morgan fingerprint density at radius 2 is 1.88 bits per heavy atom. The van der Waals surface area contributed by atoms with Gasteiger partial charge in [0.2, 0.25) is 5.91 Å². The zero-order valence-corrected chi connectivity index (χ0v) is 20.2. The number of ether oxygens (including phenoxy) is 1. The first kappa shape index (κ1) is 25.1. The van der Waals surface area contributed by atoms with E-state index in [1.807, 2.05) is 49.4 Å². The molecule has 3 rings (SSSR count). The number of halogens is 1. The number of hydrogen-bond donors (Lipinski definition) is 2. The Balaban J connectivity index is 1.75.